The van der Waals surface area contributed by atoms with Crippen LogP contribution in [0.1, 0.15) is 6.92 Å². The lowest BCUT2D eigenvalue weighted by Gasteiger charge is -2.02. The molecular formula is C7H9ClN4O3. The molecule has 0 bridgehead atoms. The van der Waals surface area contributed by atoms with E-state index in [9.17, 15) is 14.9 Å². The lowest BCUT2D eigenvalue weighted by molar-refractivity contribution is -0.389. The number of nitrogens with zero attached hydrogens (tertiary/aromatic N) is 3. The molecule has 82 valence electrons. The average Bonchev–Trinajstić information content (AvgIpc) is 2.46. The summed E-state index contributed by atoms with van der Waals surface area (Å²) in [5.41, 5.74) is 5.04. The van der Waals surface area contributed by atoms with E-state index in [1.165, 1.54) is 10.9 Å². The van der Waals surface area contributed by atoms with E-state index in [4.69, 9.17) is 17.3 Å². The average molecular weight is 233 g/mol. The van der Waals surface area contributed by atoms with Crippen LogP contribution in [0.5, 0.6) is 0 Å². The quantitative estimate of drug-likeness (QED) is 0.605. The first kappa shape index (κ1) is 11.4. The van der Waals surface area contributed by atoms with Crippen LogP contribution in [0, 0.1) is 16.0 Å². The van der Waals surface area contributed by atoms with Crippen molar-refractivity contribution in [1.82, 2.24) is 9.78 Å². The zero-order valence-electron chi connectivity index (χ0n) is 7.88. The molecule has 0 aliphatic heterocycles. The number of halogens is 1. The van der Waals surface area contributed by atoms with Crippen molar-refractivity contribution in [2.45, 2.75) is 13.5 Å². The molecule has 0 fully saturated rings. The lowest BCUT2D eigenvalue weighted by Crippen LogP contribution is -2.24. The van der Waals surface area contributed by atoms with Crippen LogP contribution in [0.15, 0.2) is 6.20 Å². The van der Waals surface area contributed by atoms with Crippen molar-refractivity contribution in [2.24, 2.45) is 11.7 Å². The molecule has 7 nitrogen and oxygen atoms in total. The smallest absolute Gasteiger partial charge is 0.369 e. The molecule has 1 aromatic heterocycles. The van der Waals surface area contributed by atoms with Gasteiger partial charge in [0.05, 0.1) is 23.8 Å². The van der Waals surface area contributed by atoms with E-state index < -0.39 is 22.6 Å². The van der Waals surface area contributed by atoms with Crippen LogP contribution in [-0.4, -0.2) is 20.6 Å². The van der Waals surface area contributed by atoms with Gasteiger partial charge in [-0.3, -0.25) is 4.79 Å². The molecule has 0 saturated carbocycles. The Morgan fingerprint density at radius 3 is 2.87 bits per heavy atom. The van der Waals surface area contributed by atoms with Gasteiger partial charge in [-0.25, -0.2) is 0 Å². The third kappa shape index (κ3) is 2.66. The van der Waals surface area contributed by atoms with E-state index in [1.807, 2.05) is 0 Å². The Balaban J connectivity index is 2.84. The van der Waals surface area contributed by atoms with Crippen LogP contribution >= 0.6 is 11.6 Å². The molecule has 0 aromatic carbocycles. The third-order valence-electron chi connectivity index (χ3n) is 1.82. The zero-order chi connectivity index (χ0) is 11.6. The number of amides is 1. The highest BCUT2D eigenvalue weighted by Crippen LogP contribution is 2.21. The number of hydrogen-bond acceptors (Lipinski definition) is 4. The maximum absolute atomic E-state index is 10.7. The molecular weight excluding hydrogens is 224 g/mol. The molecule has 15 heavy (non-hydrogen) atoms. The molecule has 0 aliphatic rings. The lowest BCUT2D eigenvalue weighted by atomic mass is 10.2. The van der Waals surface area contributed by atoms with Gasteiger partial charge in [0.2, 0.25) is 5.91 Å². The number of nitrogens with two attached hydrogens (primary N) is 1. The highest BCUT2D eigenvalue weighted by Gasteiger charge is 2.21. The Hall–Kier alpha value is -1.63. The van der Waals surface area contributed by atoms with Gasteiger partial charge in [0.15, 0.2) is 5.02 Å². The Bertz CT molecular complexity index is 403. The van der Waals surface area contributed by atoms with Crippen LogP contribution < -0.4 is 5.73 Å². The van der Waals surface area contributed by atoms with Crippen molar-refractivity contribution in [3.05, 3.63) is 21.3 Å². The number of carbonyl (C=O) groups is 1. The topological polar surface area (TPSA) is 104 Å². The predicted octanol–water partition coefficient (Wildman–Crippen LogP) is 0.566. The highest BCUT2D eigenvalue weighted by atomic mass is 35.5. The first-order chi connectivity index (χ1) is 6.91. The Labute approximate surface area is 90.0 Å². The van der Waals surface area contributed by atoms with Gasteiger partial charge in [0.25, 0.3) is 0 Å². The van der Waals surface area contributed by atoms with E-state index in [-0.39, 0.29) is 11.6 Å². The number of primary amides is 1. The van der Waals surface area contributed by atoms with Crippen molar-refractivity contribution < 1.29 is 9.72 Å². The molecule has 2 N–H and O–H groups in total. The molecule has 1 heterocycles. The summed E-state index contributed by atoms with van der Waals surface area (Å²) >= 11 is 5.56. The van der Waals surface area contributed by atoms with Crippen molar-refractivity contribution in [2.75, 3.05) is 0 Å². The fourth-order valence-electron chi connectivity index (χ4n) is 0.975. The van der Waals surface area contributed by atoms with Crippen LogP contribution in [0.25, 0.3) is 0 Å². The number of carbonyl (C=O) groups excluding carboxylic acids is 1. The number of hydrogen-bond donors (Lipinski definition) is 1. The molecule has 0 aliphatic carbocycles. The molecule has 1 unspecified atom stereocenters. The van der Waals surface area contributed by atoms with Gasteiger partial charge in [-0.05, 0) is 4.92 Å². The fourth-order valence-corrected chi connectivity index (χ4v) is 1.19. The van der Waals surface area contributed by atoms with Crippen LogP contribution in [0.4, 0.5) is 5.82 Å². The van der Waals surface area contributed by atoms with E-state index in [2.05, 4.69) is 5.10 Å². The second kappa shape index (κ2) is 4.26. The second-order valence-electron chi connectivity index (χ2n) is 3.08. The van der Waals surface area contributed by atoms with Gasteiger partial charge in [0.1, 0.15) is 0 Å². The van der Waals surface area contributed by atoms with E-state index >= 15 is 0 Å². The molecule has 1 aromatic rings. The summed E-state index contributed by atoms with van der Waals surface area (Å²) in [6.07, 6.45) is 1.29. The Morgan fingerprint density at radius 2 is 2.47 bits per heavy atom. The van der Waals surface area contributed by atoms with Crippen molar-refractivity contribution >= 4 is 23.3 Å². The molecule has 1 rings (SSSR count). The van der Waals surface area contributed by atoms with Gasteiger partial charge in [-0.15, -0.1) is 0 Å². The fraction of sp³-hybridized carbons (Fsp3) is 0.429. The third-order valence-corrected chi connectivity index (χ3v) is 2.09. The van der Waals surface area contributed by atoms with Crippen molar-refractivity contribution in [3.63, 3.8) is 0 Å². The monoisotopic (exact) mass is 232 g/mol. The standard InChI is InChI=1S/C7H9ClN4O3/c1-4(6(9)13)2-11-3-5(8)7(10-11)12(14)15/h3-4H,2H2,1H3,(H2,9,13). The second-order valence-corrected chi connectivity index (χ2v) is 3.49. The minimum absolute atomic E-state index is 0.0586. The maximum atomic E-state index is 10.7. The molecule has 1 amide bonds. The Kier molecular flexibility index (Phi) is 3.25. The number of rotatable bonds is 4. The molecule has 0 spiro atoms. The summed E-state index contributed by atoms with van der Waals surface area (Å²) in [5.74, 6) is -1.38. The normalized spacial score (nSPS) is 12.4. The summed E-state index contributed by atoms with van der Waals surface area (Å²) in [7, 11) is 0. The molecule has 0 radical (unpaired) electrons. The minimum Gasteiger partial charge on any atom is -0.369 e. The van der Waals surface area contributed by atoms with Crippen LogP contribution in [-0.2, 0) is 11.3 Å². The zero-order valence-corrected chi connectivity index (χ0v) is 8.64. The first-order valence-corrected chi connectivity index (χ1v) is 4.46. The van der Waals surface area contributed by atoms with Crippen LogP contribution in [0.3, 0.4) is 0 Å². The maximum Gasteiger partial charge on any atom is 0.408 e. The number of aromatic nitrogens is 2. The van der Waals surface area contributed by atoms with E-state index in [0.717, 1.165) is 0 Å². The Morgan fingerprint density at radius 1 is 1.87 bits per heavy atom. The van der Waals surface area contributed by atoms with Crippen molar-refractivity contribution in [3.8, 4) is 0 Å². The molecule has 1 atom stereocenters. The van der Waals surface area contributed by atoms with Crippen molar-refractivity contribution in [1.29, 1.82) is 0 Å². The summed E-state index contributed by atoms with van der Waals surface area (Å²) in [4.78, 5) is 20.5. The van der Waals surface area contributed by atoms with E-state index in [1.54, 1.807) is 6.92 Å². The van der Waals surface area contributed by atoms with Gasteiger partial charge >= 0.3 is 5.82 Å². The summed E-state index contributed by atoms with van der Waals surface area (Å²) in [6, 6.07) is 0. The SMILES string of the molecule is CC(Cn1cc(Cl)c([N+](=O)[O-])n1)C(N)=O. The summed E-state index contributed by atoms with van der Waals surface area (Å²) < 4.78 is 1.23. The van der Waals surface area contributed by atoms with Gasteiger partial charge in [0, 0.05) is 0 Å². The highest BCUT2D eigenvalue weighted by molar-refractivity contribution is 6.32. The minimum atomic E-state index is -0.687. The summed E-state index contributed by atoms with van der Waals surface area (Å²) in [5, 5.41) is 14.0. The van der Waals surface area contributed by atoms with Gasteiger partial charge in [-0.1, -0.05) is 18.5 Å². The first-order valence-electron chi connectivity index (χ1n) is 4.08. The summed E-state index contributed by atoms with van der Waals surface area (Å²) in [6.45, 7) is 1.77. The largest absolute Gasteiger partial charge is 0.408 e. The molecule has 0 saturated heterocycles. The van der Waals surface area contributed by atoms with Gasteiger partial charge < -0.3 is 15.8 Å². The predicted molar refractivity (Wildman–Crippen MR) is 52.2 cm³/mol. The number of nitro groups is 1. The van der Waals surface area contributed by atoms with Crippen LogP contribution in [0.2, 0.25) is 5.02 Å². The van der Waals surface area contributed by atoms with E-state index in [0.29, 0.717) is 0 Å². The van der Waals surface area contributed by atoms with Gasteiger partial charge in [-0.2, -0.15) is 4.68 Å². The molecule has 8 heteroatoms.